The van der Waals surface area contributed by atoms with Crippen molar-refractivity contribution in [1.29, 1.82) is 0 Å². The number of fused-ring (bicyclic) bond motifs is 6. The van der Waals surface area contributed by atoms with Crippen molar-refractivity contribution in [1.82, 2.24) is 0 Å². The second kappa shape index (κ2) is 9.47. The number of hydrogen-bond donors (Lipinski definition) is 0. The number of Topliss-reactive ketones (excluding diaryl/α,β-unsaturated/α-hetero) is 2. The number of ketones is 2. The van der Waals surface area contributed by atoms with Gasteiger partial charge in [0, 0.05) is 33.4 Å². The van der Waals surface area contributed by atoms with Gasteiger partial charge in [0.05, 0.1) is 0 Å². The Kier molecular flexibility index (Phi) is 6.04. The van der Waals surface area contributed by atoms with Crippen LogP contribution in [0.5, 0.6) is 0 Å². The van der Waals surface area contributed by atoms with Gasteiger partial charge in [0.15, 0.2) is 5.78 Å². The molecule has 0 amide bonds. The molecule has 0 fully saturated rings. The number of benzene rings is 5. The second-order valence-electron chi connectivity index (χ2n) is 11.2. The molecule has 0 radical (unpaired) electrons. The summed E-state index contributed by atoms with van der Waals surface area (Å²) in [4.78, 5) is 23.1. The highest BCUT2D eigenvalue weighted by molar-refractivity contribution is 6.00. The van der Waals surface area contributed by atoms with Gasteiger partial charge in [0.1, 0.15) is 0 Å². The van der Waals surface area contributed by atoms with Gasteiger partial charge in [-0.1, -0.05) is 72.8 Å². The van der Waals surface area contributed by atoms with E-state index in [1.54, 1.807) is 30.3 Å². The first-order valence-corrected chi connectivity index (χ1v) is 13.8. The van der Waals surface area contributed by atoms with E-state index in [1.165, 1.54) is 49.4 Å². The Morgan fingerprint density at radius 2 is 0.844 bits per heavy atom. The zero-order valence-electron chi connectivity index (χ0n) is 23.2. The summed E-state index contributed by atoms with van der Waals surface area (Å²) in [6.45, 7) is 1.42. The second-order valence-corrected chi connectivity index (χ2v) is 11.2. The van der Waals surface area contributed by atoms with Gasteiger partial charge in [0.2, 0.25) is 0 Å². The lowest BCUT2D eigenvalue weighted by Crippen LogP contribution is -2.22. The van der Waals surface area contributed by atoms with E-state index in [1.807, 2.05) is 0 Å². The minimum absolute atomic E-state index is 0.00449. The van der Waals surface area contributed by atoms with E-state index in [-0.39, 0.29) is 39.2 Å². The molecule has 0 bridgehead atoms. The first-order valence-electron chi connectivity index (χ1n) is 13.8. The van der Waals surface area contributed by atoms with Gasteiger partial charge in [-0.2, -0.15) is 30.7 Å². The number of rotatable bonds is 4. The Morgan fingerprint density at radius 3 is 1.22 bits per heavy atom. The molecule has 45 heavy (non-hydrogen) atoms. The smallest absolute Gasteiger partial charge is 0.295 e. The maximum Gasteiger partial charge on any atom is 0.454 e. The quantitative estimate of drug-likeness (QED) is 0.149. The Morgan fingerprint density at radius 1 is 0.489 bits per heavy atom. The molecule has 0 aromatic heterocycles. The fourth-order valence-electron chi connectivity index (χ4n) is 6.17. The van der Waals surface area contributed by atoms with Crippen molar-refractivity contribution in [2.75, 3.05) is 0 Å². The fourth-order valence-corrected chi connectivity index (χ4v) is 6.17. The molecule has 0 unspecified atom stereocenters. The van der Waals surface area contributed by atoms with Crippen molar-refractivity contribution in [3.05, 3.63) is 130 Å². The largest absolute Gasteiger partial charge is 0.454 e. The van der Waals surface area contributed by atoms with Crippen LogP contribution < -0.4 is 0 Å². The molecular formula is C36H19F7O2. The average molecular weight is 617 g/mol. The molecule has 224 valence electrons. The molecule has 0 saturated heterocycles. The monoisotopic (exact) mass is 616 g/mol. The van der Waals surface area contributed by atoms with E-state index in [9.17, 15) is 22.8 Å². The van der Waals surface area contributed by atoms with Gasteiger partial charge >= 0.3 is 6.18 Å². The van der Waals surface area contributed by atoms with Crippen LogP contribution in [0.3, 0.4) is 0 Å². The third-order valence-electron chi connectivity index (χ3n) is 8.49. The van der Waals surface area contributed by atoms with Gasteiger partial charge in [-0.15, -0.1) is 0 Å². The van der Waals surface area contributed by atoms with Gasteiger partial charge in [-0.05, 0) is 75.7 Å². The number of halogens is 7. The molecule has 0 aliphatic heterocycles. The minimum atomic E-state index is -5.05. The predicted octanol–water partition coefficient (Wildman–Crippen LogP) is 10.2. The highest BCUT2D eigenvalue weighted by Crippen LogP contribution is 2.58. The molecule has 0 heterocycles. The summed E-state index contributed by atoms with van der Waals surface area (Å²) >= 11 is 0. The van der Waals surface area contributed by atoms with Crippen molar-refractivity contribution in [3.63, 3.8) is 0 Å². The van der Waals surface area contributed by atoms with Crippen molar-refractivity contribution >= 4 is 11.6 Å². The van der Waals surface area contributed by atoms with Gasteiger partial charge in [0.25, 0.3) is 17.6 Å². The molecule has 2 nitrogen and oxygen atoms in total. The van der Waals surface area contributed by atoms with Crippen LogP contribution in [-0.4, -0.2) is 17.7 Å². The third kappa shape index (κ3) is 4.32. The Hall–Kier alpha value is -5.05. The summed E-state index contributed by atoms with van der Waals surface area (Å²) in [5.41, 5.74) is 0.229. The predicted molar refractivity (Wildman–Crippen MR) is 155 cm³/mol. The van der Waals surface area contributed by atoms with E-state index in [4.69, 9.17) is 0 Å². The van der Waals surface area contributed by atoms with E-state index in [2.05, 4.69) is 0 Å². The Balaban J connectivity index is 1.26. The standard InChI is InChI=1S/C36H19F7O2/c1-18(44)19-2-4-20(5-3-19)23-10-12-25-27-16-32-28(17-31(27)34(37,38)29(25)14-23)26-13-11-24(15-30(26)35(32,39)40)21-6-8-22(9-7-21)33(45)36(41,42)43/h2-17H,1H3. The highest BCUT2D eigenvalue weighted by atomic mass is 19.4. The molecule has 0 N–H and O–H groups in total. The first kappa shape index (κ1) is 28.7. The zero-order chi connectivity index (χ0) is 32.1. The molecule has 2 aliphatic carbocycles. The molecule has 0 atom stereocenters. The van der Waals surface area contributed by atoms with Crippen molar-refractivity contribution in [2.45, 2.75) is 24.9 Å². The normalized spacial score (nSPS) is 15.2. The molecule has 5 aromatic rings. The lowest BCUT2D eigenvalue weighted by atomic mass is 9.96. The molecule has 0 spiro atoms. The van der Waals surface area contributed by atoms with Gasteiger partial charge < -0.3 is 0 Å². The summed E-state index contributed by atoms with van der Waals surface area (Å²) in [5, 5.41) is 0. The van der Waals surface area contributed by atoms with Crippen LogP contribution in [0.25, 0.3) is 44.5 Å². The number of carbonyl (C=O) groups is 2. The van der Waals surface area contributed by atoms with Crippen LogP contribution in [0.15, 0.2) is 97.1 Å². The number of carbonyl (C=O) groups excluding carboxylic acids is 2. The summed E-state index contributed by atoms with van der Waals surface area (Å²) < 4.78 is 102. The number of alkyl halides is 7. The third-order valence-corrected chi connectivity index (χ3v) is 8.49. The highest BCUT2D eigenvalue weighted by Gasteiger charge is 2.50. The van der Waals surface area contributed by atoms with E-state index in [0.29, 0.717) is 22.3 Å². The van der Waals surface area contributed by atoms with Crippen LogP contribution in [0.4, 0.5) is 30.7 Å². The average Bonchev–Trinajstić information content (AvgIpc) is 3.38. The SMILES string of the molecule is CC(=O)c1ccc(-c2ccc3c(c2)C(F)(F)c2cc4c(cc2-3)C(F)(F)c2cc(-c3ccc(C(=O)C(F)(F)F)cc3)ccc2-4)cc1. The molecule has 7 rings (SSSR count). The lowest BCUT2D eigenvalue weighted by Gasteiger charge is -2.15. The Bertz CT molecular complexity index is 2070. The fraction of sp³-hybridized carbons (Fsp3) is 0.111. The van der Waals surface area contributed by atoms with Crippen molar-refractivity contribution in [3.8, 4) is 44.5 Å². The van der Waals surface area contributed by atoms with E-state index >= 15 is 17.6 Å². The van der Waals surface area contributed by atoms with Crippen LogP contribution >= 0.6 is 0 Å². The lowest BCUT2D eigenvalue weighted by molar-refractivity contribution is -0.0885. The van der Waals surface area contributed by atoms with E-state index in [0.717, 1.165) is 24.3 Å². The molecular weight excluding hydrogens is 597 g/mol. The number of hydrogen-bond acceptors (Lipinski definition) is 2. The maximum atomic E-state index is 16.0. The maximum absolute atomic E-state index is 16.0. The summed E-state index contributed by atoms with van der Waals surface area (Å²) in [6, 6.07) is 21.7. The summed E-state index contributed by atoms with van der Waals surface area (Å²) in [5.74, 6) is -9.16. The molecule has 5 aromatic carbocycles. The Labute approximate surface area is 251 Å². The summed E-state index contributed by atoms with van der Waals surface area (Å²) in [7, 11) is 0. The zero-order valence-corrected chi connectivity index (χ0v) is 23.2. The van der Waals surface area contributed by atoms with Crippen LogP contribution in [0, 0.1) is 0 Å². The van der Waals surface area contributed by atoms with Gasteiger partial charge in [-0.3, -0.25) is 9.59 Å². The molecule has 0 saturated carbocycles. The van der Waals surface area contributed by atoms with Crippen LogP contribution in [-0.2, 0) is 11.8 Å². The van der Waals surface area contributed by atoms with Crippen LogP contribution in [0.1, 0.15) is 49.9 Å². The molecule has 9 heteroatoms. The van der Waals surface area contributed by atoms with Crippen LogP contribution in [0.2, 0.25) is 0 Å². The molecule has 2 aliphatic rings. The van der Waals surface area contributed by atoms with Crippen molar-refractivity contribution in [2.24, 2.45) is 0 Å². The van der Waals surface area contributed by atoms with E-state index < -0.39 is 46.1 Å². The minimum Gasteiger partial charge on any atom is -0.295 e. The van der Waals surface area contributed by atoms with Crippen molar-refractivity contribution < 1.29 is 40.3 Å². The topological polar surface area (TPSA) is 34.1 Å². The van der Waals surface area contributed by atoms with Gasteiger partial charge in [-0.25, -0.2) is 0 Å². The summed E-state index contributed by atoms with van der Waals surface area (Å²) in [6.07, 6.45) is -5.05. The first-order chi connectivity index (χ1) is 21.2.